The zero-order valence-electron chi connectivity index (χ0n) is 14.3. The second-order valence-corrected chi connectivity index (χ2v) is 6.36. The molecule has 8 heteroatoms. The quantitative estimate of drug-likeness (QED) is 0.435. The lowest BCUT2D eigenvalue weighted by Crippen LogP contribution is -2.43. The topological polar surface area (TPSA) is 72.3 Å². The van der Waals surface area contributed by atoms with Gasteiger partial charge in [0.2, 0.25) is 0 Å². The summed E-state index contributed by atoms with van der Waals surface area (Å²) in [4.78, 5) is 10.8. The van der Waals surface area contributed by atoms with E-state index >= 15 is 0 Å². The molecule has 1 fully saturated rings. The third-order valence-electron chi connectivity index (χ3n) is 4.18. The Morgan fingerprint density at radius 2 is 2.28 bits per heavy atom. The average Bonchev–Trinajstić information content (AvgIpc) is 3.00. The van der Waals surface area contributed by atoms with Gasteiger partial charge in [0.15, 0.2) is 11.8 Å². The third kappa shape index (κ3) is 5.65. The third-order valence-corrected chi connectivity index (χ3v) is 4.18. The van der Waals surface area contributed by atoms with Gasteiger partial charge in [-0.15, -0.1) is 24.0 Å². The van der Waals surface area contributed by atoms with Gasteiger partial charge in [-0.05, 0) is 36.5 Å². The van der Waals surface area contributed by atoms with Gasteiger partial charge in [-0.2, -0.15) is 5.10 Å². The van der Waals surface area contributed by atoms with Crippen molar-refractivity contribution in [3.05, 3.63) is 47.8 Å². The normalized spacial score (nSPS) is 18.1. The van der Waals surface area contributed by atoms with E-state index in [9.17, 15) is 4.39 Å². The molecule has 1 saturated heterocycles. The van der Waals surface area contributed by atoms with Crippen LogP contribution in [-0.2, 0) is 13.1 Å². The van der Waals surface area contributed by atoms with Crippen molar-refractivity contribution in [3.8, 4) is 0 Å². The second kappa shape index (κ2) is 9.12. The number of aliphatic imine (C=N–C) groups is 1. The first-order valence-corrected chi connectivity index (χ1v) is 8.28. The fraction of sp³-hybridized carbons (Fsp3) is 0.471. The first kappa shape index (κ1) is 19.6. The highest BCUT2D eigenvalue weighted by Gasteiger charge is 2.17. The molecule has 1 aliphatic rings. The minimum absolute atomic E-state index is 0. The van der Waals surface area contributed by atoms with Crippen LogP contribution in [0, 0.1) is 11.7 Å². The molecule has 136 valence electrons. The Kier molecular flexibility index (Phi) is 7.15. The van der Waals surface area contributed by atoms with Crippen LogP contribution in [0.4, 0.5) is 4.39 Å². The number of hydrogen-bond donors (Lipinski definition) is 1. The number of benzene rings is 1. The zero-order chi connectivity index (χ0) is 16.9. The molecule has 0 radical (unpaired) electrons. The first-order chi connectivity index (χ1) is 11.6. The van der Waals surface area contributed by atoms with Crippen molar-refractivity contribution in [2.45, 2.75) is 32.9 Å². The molecule has 6 nitrogen and oxygen atoms in total. The molecule has 1 aromatic heterocycles. The van der Waals surface area contributed by atoms with Crippen LogP contribution in [0.25, 0.3) is 0 Å². The molecule has 0 bridgehead atoms. The minimum atomic E-state index is -0.249. The number of halogens is 2. The van der Waals surface area contributed by atoms with E-state index in [1.54, 1.807) is 17.1 Å². The maximum absolute atomic E-state index is 13.2. The average molecular weight is 458 g/mol. The molecule has 2 aromatic rings. The van der Waals surface area contributed by atoms with Crippen molar-refractivity contribution >= 4 is 29.9 Å². The van der Waals surface area contributed by atoms with Crippen LogP contribution in [0.1, 0.15) is 31.2 Å². The molecular weight excluding hydrogens is 434 g/mol. The molecule has 0 amide bonds. The van der Waals surface area contributed by atoms with Crippen LogP contribution in [0.2, 0.25) is 0 Å². The lowest BCUT2D eigenvalue weighted by atomic mass is 10.0. The molecule has 0 saturated carbocycles. The summed E-state index contributed by atoms with van der Waals surface area (Å²) in [5, 5.41) is 4.37. The number of nitrogens with two attached hydrogens (primary N) is 1. The molecule has 1 aliphatic heterocycles. The second-order valence-electron chi connectivity index (χ2n) is 6.36. The number of guanidine groups is 1. The summed E-state index contributed by atoms with van der Waals surface area (Å²) in [6.07, 6.45) is 4.03. The van der Waals surface area contributed by atoms with Gasteiger partial charge >= 0.3 is 0 Å². The summed E-state index contributed by atoms with van der Waals surface area (Å²) in [6, 6.07) is 6.47. The zero-order valence-corrected chi connectivity index (χ0v) is 16.6. The minimum Gasteiger partial charge on any atom is -0.370 e. The van der Waals surface area contributed by atoms with E-state index in [1.807, 2.05) is 6.07 Å². The monoisotopic (exact) mass is 458 g/mol. The molecule has 3 rings (SSSR count). The number of likely N-dealkylation sites (tertiary alicyclic amines) is 1. The molecule has 1 unspecified atom stereocenters. The van der Waals surface area contributed by atoms with Crippen molar-refractivity contribution in [2.24, 2.45) is 16.6 Å². The summed E-state index contributed by atoms with van der Waals surface area (Å²) in [5.74, 6) is 1.57. The highest BCUT2D eigenvalue weighted by molar-refractivity contribution is 14.0. The van der Waals surface area contributed by atoms with Gasteiger partial charge in [-0.1, -0.05) is 19.1 Å². The Bertz CT molecular complexity index is 717. The van der Waals surface area contributed by atoms with Crippen LogP contribution in [0.5, 0.6) is 0 Å². The summed E-state index contributed by atoms with van der Waals surface area (Å²) >= 11 is 0. The smallest absolute Gasteiger partial charge is 0.191 e. The highest BCUT2D eigenvalue weighted by atomic mass is 127. The Hall–Kier alpha value is -1.71. The Labute approximate surface area is 164 Å². The van der Waals surface area contributed by atoms with Crippen molar-refractivity contribution in [2.75, 3.05) is 13.1 Å². The predicted octanol–water partition coefficient (Wildman–Crippen LogP) is 2.63. The van der Waals surface area contributed by atoms with Gasteiger partial charge in [-0.3, -0.25) is 0 Å². The van der Waals surface area contributed by atoms with E-state index in [0.29, 0.717) is 30.8 Å². The molecule has 2 heterocycles. The van der Waals surface area contributed by atoms with Gasteiger partial charge in [0.05, 0.1) is 6.54 Å². The highest BCUT2D eigenvalue weighted by Crippen LogP contribution is 2.15. The first-order valence-electron chi connectivity index (χ1n) is 8.28. The van der Waals surface area contributed by atoms with Gasteiger partial charge in [0, 0.05) is 13.1 Å². The fourth-order valence-electron chi connectivity index (χ4n) is 2.95. The summed E-state index contributed by atoms with van der Waals surface area (Å²) in [6.45, 7) is 4.98. The lowest BCUT2D eigenvalue weighted by molar-refractivity contribution is 0.270. The summed E-state index contributed by atoms with van der Waals surface area (Å²) in [7, 11) is 0. The van der Waals surface area contributed by atoms with E-state index in [1.165, 1.54) is 18.6 Å². The van der Waals surface area contributed by atoms with Crippen LogP contribution >= 0.6 is 24.0 Å². The van der Waals surface area contributed by atoms with Gasteiger partial charge < -0.3 is 10.6 Å². The summed E-state index contributed by atoms with van der Waals surface area (Å²) in [5.41, 5.74) is 6.92. The molecule has 0 spiro atoms. The maximum atomic E-state index is 13.2. The standard InChI is InChI=1S/C17H23FN6.HI/c1-13-4-3-7-23(10-13)17(19)20-9-16-21-12-24(22-16)11-14-5-2-6-15(18)8-14;/h2,5-6,8,12-13H,3-4,7,9-11H2,1H3,(H2,19,20);1H. The molecule has 0 aliphatic carbocycles. The SMILES string of the molecule is CC1CCCN(C(N)=NCc2ncn(Cc3cccc(F)c3)n2)C1.I. The fourth-order valence-corrected chi connectivity index (χ4v) is 2.95. The molecule has 1 aromatic carbocycles. The molecular formula is C17H24FIN6. The summed E-state index contributed by atoms with van der Waals surface area (Å²) < 4.78 is 14.9. The van der Waals surface area contributed by atoms with Gasteiger partial charge in [-0.25, -0.2) is 19.0 Å². The maximum Gasteiger partial charge on any atom is 0.191 e. The Morgan fingerprint density at radius 3 is 3.04 bits per heavy atom. The number of piperidine rings is 1. The van der Waals surface area contributed by atoms with E-state index < -0.39 is 0 Å². The number of aromatic nitrogens is 3. The number of nitrogens with zero attached hydrogens (tertiary/aromatic N) is 5. The lowest BCUT2D eigenvalue weighted by Gasteiger charge is -2.31. The van der Waals surface area contributed by atoms with E-state index in [-0.39, 0.29) is 29.8 Å². The van der Waals surface area contributed by atoms with Crippen molar-refractivity contribution in [1.82, 2.24) is 19.7 Å². The van der Waals surface area contributed by atoms with E-state index in [4.69, 9.17) is 5.73 Å². The van der Waals surface area contributed by atoms with Crippen LogP contribution in [-0.4, -0.2) is 38.7 Å². The Morgan fingerprint density at radius 1 is 1.44 bits per heavy atom. The van der Waals surface area contributed by atoms with E-state index in [0.717, 1.165) is 25.1 Å². The largest absolute Gasteiger partial charge is 0.370 e. The molecule has 1 atom stereocenters. The van der Waals surface area contributed by atoms with Crippen molar-refractivity contribution in [3.63, 3.8) is 0 Å². The van der Waals surface area contributed by atoms with Crippen molar-refractivity contribution < 1.29 is 4.39 Å². The Balaban J connectivity index is 0.00000225. The van der Waals surface area contributed by atoms with Crippen LogP contribution in [0.15, 0.2) is 35.6 Å². The van der Waals surface area contributed by atoms with Crippen LogP contribution < -0.4 is 5.73 Å². The molecule has 2 N–H and O–H groups in total. The van der Waals surface area contributed by atoms with Gasteiger partial charge in [0.25, 0.3) is 0 Å². The molecule has 25 heavy (non-hydrogen) atoms. The predicted molar refractivity (Wildman–Crippen MR) is 106 cm³/mol. The van der Waals surface area contributed by atoms with Gasteiger partial charge in [0.1, 0.15) is 18.7 Å². The van der Waals surface area contributed by atoms with Crippen molar-refractivity contribution in [1.29, 1.82) is 0 Å². The van der Waals surface area contributed by atoms with Crippen LogP contribution in [0.3, 0.4) is 0 Å². The number of rotatable bonds is 4. The van der Waals surface area contributed by atoms with E-state index in [2.05, 4.69) is 26.9 Å². The number of hydrogen-bond acceptors (Lipinski definition) is 3.